The number of benzene rings is 2. The van der Waals surface area contributed by atoms with Crippen molar-refractivity contribution in [3.63, 3.8) is 0 Å². The van der Waals surface area contributed by atoms with Crippen LogP contribution in [0.5, 0.6) is 23.0 Å². The minimum absolute atomic E-state index is 0.0182. The quantitative estimate of drug-likeness (QED) is 0.585. The Bertz CT molecular complexity index is 783. The lowest BCUT2D eigenvalue weighted by atomic mass is 10.1. The Hall–Kier alpha value is -3.22. The van der Waals surface area contributed by atoms with Crippen LogP contribution < -0.4 is 14.2 Å². The Labute approximate surface area is 144 Å². The van der Waals surface area contributed by atoms with Crippen molar-refractivity contribution < 1.29 is 34.0 Å². The van der Waals surface area contributed by atoms with Gasteiger partial charge in [0.25, 0.3) is 0 Å². The second-order valence-electron chi connectivity index (χ2n) is 5.21. The molecule has 0 heterocycles. The predicted molar refractivity (Wildman–Crippen MR) is 88.3 cm³/mol. The first-order valence-corrected chi connectivity index (χ1v) is 7.38. The monoisotopic (exact) mass is 346 g/mol. The van der Waals surface area contributed by atoms with Crippen LogP contribution in [0.4, 0.5) is 0 Å². The lowest BCUT2D eigenvalue weighted by Crippen LogP contribution is -2.12. The first-order valence-electron chi connectivity index (χ1n) is 7.38. The summed E-state index contributed by atoms with van der Waals surface area (Å²) < 4.78 is 15.4. The molecular formula is C18H18O7. The van der Waals surface area contributed by atoms with Gasteiger partial charge in [0.05, 0.1) is 27.1 Å². The van der Waals surface area contributed by atoms with E-state index in [1.807, 2.05) is 0 Å². The average Bonchev–Trinajstić information content (AvgIpc) is 2.57. The summed E-state index contributed by atoms with van der Waals surface area (Å²) in [5.74, 6) is -0.774. The molecule has 0 aromatic heterocycles. The molecule has 0 unspecified atom stereocenters. The highest BCUT2D eigenvalue weighted by Crippen LogP contribution is 2.30. The van der Waals surface area contributed by atoms with Gasteiger partial charge in [-0.1, -0.05) is 12.1 Å². The van der Waals surface area contributed by atoms with Crippen molar-refractivity contribution >= 4 is 11.9 Å². The van der Waals surface area contributed by atoms with E-state index in [4.69, 9.17) is 19.3 Å². The maximum Gasteiger partial charge on any atom is 0.315 e. The van der Waals surface area contributed by atoms with Crippen molar-refractivity contribution in [2.75, 3.05) is 14.2 Å². The number of carbonyl (C=O) groups excluding carboxylic acids is 1. The summed E-state index contributed by atoms with van der Waals surface area (Å²) in [5.41, 5.74) is 1.15. The summed E-state index contributed by atoms with van der Waals surface area (Å²) in [6.45, 7) is 0. The molecule has 2 aromatic carbocycles. The molecule has 0 aliphatic carbocycles. The molecule has 25 heavy (non-hydrogen) atoms. The summed E-state index contributed by atoms with van der Waals surface area (Å²) >= 11 is 0. The fourth-order valence-electron chi connectivity index (χ4n) is 2.24. The SMILES string of the molecule is COc1cc(CC(=O)Oc2ccc(CC(=O)O)cc2OC)ccc1O. The van der Waals surface area contributed by atoms with E-state index in [0.29, 0.717) is 11.1 Å². The molecule has 0 radical (unpaired) electrons. The zero-order valence-electron chi connectivity index (χ0n) is 13.8. The Kier molecular flexibility index (Phi) is 5.84. The molecule has 132 valence electrons. The number of rotatable bonds is 7. The lowest BCUT2D eigenvalue weighted by Gasteiger charge is -2.11. The third-order valence-electron chi connectivity index (χ3n) is 3.40. The molecule has 2 rings (SSSR count). The van der Waals surface area contributed by atoms with Gasteiger partial charge in [0, 0.05) is 0 Å². The van der Waals surface area contributed by atoms with Crippen LogP contribution in [-0.4, -0.2) is 36.4 Å². The van der Waals surface area contributed by atoms with Crippen LogP contribution in [0.2, 0.25) is 0 Å². The van der Waals surface area contributed by atoms with Crippen molar-refractivity contribution in [2.24, 2.45) is 0 Å². The van der Waals surface area contributed by atoms with E-state index in [1.165, 1.54) is 32.4 Å². The van der Waals surface area contributed by atoms with Gasteiger partial charge < -0.3 is 24.4 Å². The van der Waals surface area contributed by atoms with E-state index in [9.17, 15) is 14.7 Å². The van der Waals surface area contributed by atoms with Crippen molar-refractivity contribution in [3.05, 3.63) is 47.5 Å². The molecule has 0 saturated heterocycles. The van der Waals surface area contributed by atoms with Crippen LogP contribution in [0.1, 0.15) is 11.1 Å². The molecule has 0 bridgehead atoms. The molecule has 0 fully saturated rings. The Morgan fingerprint density at radius 2 is 1.48 bits per heavy atom. The van der Waals surface area contributed by atoms with Crippen LogP contribution in [0.25, 0.3) is 0 Å². The van der Waals surface area contributed by atoms with E-state index >= 15 is 0 Å². The van der Waals surface area contributed by atoms with Gasteiger partial charge in [-0.05, 0) is 35.4 Å². The fourth-order valence-corrected chi connectivity index (χ4v) is 2.24. The molecule has 0 aliphatic heterocycles. The predicted octanol–water partition coefficient (Wildman–Crippen LogP) is 2.18. The number of carboxylic acids is 1. The topological polar surface area (TPSA) is 102 Å². The summed E-state index contributed by atoms with van der Waals surface area (Å²) in [6.07, 6.45) is -0.186. The highest BCUT2D eigenvalue weighted by Gasteiger charge is 2.14. The second-order valence-corrected chi connectivity index (χ2v) is 5.21. The van der Waals surface area contributed by atoms with Crippen LogP contribution in [-0.2, 0) is 22.4 Å². The third-order valence-corrected chi connectivity index (χ3v) is 3.40. The number of esters is 1. The number of carbonyl (C=O) groups is 2. The van der Waals surface area contributed by atoms with E-state index in [0.717, 1.165) is 0 Å². The zero-order valence-corrected chi connectivity index (χ0v) is 13.8. The highest BCUT2D eigenvalue weighted by atomic mass is 16.6. The van der Waals surface area contributed by atoms with Gasteiger partial charge in [-0.15, -0.1) is 0 Å². The number of aromatic hydroxyl groups is 1. The molecule has 0 spiro atoms. The van der Waals surface area contributed by atoms with Gasteiger partial charge in [0.15, 0.2) is 23.0 Å². The molecule has 0 atom stereocenters. The summed E-state index contributed by atoms with van der Waals surface area (Å²) in [4.78, 5) is 22.9. The second kappa shape index (κ2) is 8.05. The largest absolute Gasteiger partial charge is 0.504 e. The minimum atomic E-state index is -0.965. The summed E-state index contributed by atoms with van der Waals surface area (Å²) in [7, 11) is 2.82. The first kappa shape index (κ1) is 18.1. The molecule has 7 heteroatoms. The van der Waals surface area contributed by atoms with Crippen molar-refractivity contribution in [3.8, 4) is 23.0 Å². The van der Waals surface area contributed by atoms with Crippen molar-refractivity contribution in [1.82, 2.24) is 0 Å². The van der Waals surface area contributed by atoms with Gasteiger partial charge in [-0.25, -0.2) is 0 Å². The highest BCUT2D eigenvalue weighted by molar-refractivity contribution is 5.76. The van der Waals surface area contributed by atoms with Crippen LogP contribution in [0.3, 0.4) is 0 Å². The molecule has 2 aromatic rings. The molecule has 0 aliphatic rings. The van der Waals surface area contributed by atoms with E-state index in [1.54, 1.807) is 18.2 Å². The fraction of sp³-hybridized carbons (Fsp3) is 0.222. The number of ether oxygens (including phenoxy) is 3. The van der Waals surface area contributed by atoms with Crippen molar-refractivity contribution in [2.45, 2.75) is 12.8 Å². The normalized spacial score (nSPS) is 10.2. The zero-order chi connectivity index (χ0) is 18.4. The van der Waals surface area contributed by atoms with E-state index in [2.05, 4.69) is 0 Å². The average molecular weight is 346 g/mol. The van der Waals surface area contributed by atoms with Crippen LogP contribution in [0.15, 0.2) is 36.4 Å². The summed E-state index contributed by atoms with van der Waals surface area (Å²) in [5, 5.41) is 18.4. The third kappa shape index (κ3) is 4.87. The van der Waals surface area contributed by atoms with Gasteiger partial charge in [0.2, 0.25) is 0 Å². The van der Waals surface area contributed by atoms with Crippen molar-refractivity contribution in [1.29, 1.82) is 0 Å². The van der Waals surface area contributed by atoms with Crippen LogP contribution in [0, 0.1) is 0 Å². The van der Waals surface area contributed by atoms with Gasteiger partial charge in [0.1, 0.15) is 0 Å². The number of hydrogen-bond donors (Lipinski definition) is 2. The van der Waals surface area contributed by atoms with Crippen LogP contribution >= 0.6 is 0 Å². The Morgan fingerprint density at radius 1 is 0.880 bits per heavy atom. The molecular weight excluding hydrogens is 328 g/mol. The Morgan fingerprint density at radius 3 is 2.12 bits per heavy atom. The standard InChI is InChI=1S/C18H18O7/c1-23-15-7-12(3-5-13(15)19)10-18(22)25-14-6-4-11(9-17(20)21)8-16(14)24-2/h3-8,19H,9-10H2,1-2H3,(H,20,21). The number of phenols is 1. The molecule has 2 N–H and O–H groups in total. The van der Waals surface area contributed by atoms with E-state index in [-0.39, 0.29) is 35.8 Å². The van der Waals surface area contributed by atoms with Gasteiger partial charge in [-0.3, -0.25) is 9.59 Å². The maximum absolute atomic E-state index is 12.1. The number of phenolic OH excluding ortho intramolecular Hbond substituents is 1. The minimum Gasteiger partial charge on any atom is -0.504 e. The molecule has 7 nitrogen and oxygen atoms in total. The van der Waals surface area contributed by atoms with Gasteiger partial charge in [-0.2, -0.15) is 0 Å². The first-order chi connectivity index (χ1) is 11.9. The number of methoxy groups -OCH3 is 2. The number of aliphatic carboxylic acids is 1. The Balaban J connectivity index is 2.10. The molecule has 0 amide bonds. The number of carboxylic acid groups (broad SMARTS) is 1. The smallest absolute Gasteiger partial charge is 0.315 e. The summed E-state index contributed by atoms with van der Waals surface area (Å²) in [6, 6.07) is 9.13. The van der Waals surface area contributed by atoms with E-state index < -0.39 is 11.9 Å². The van der Waals surface area contributed by atoms with Gasteiger partial charge >= 0.3 is 11.9 Å². The maximum atomic E-state index is 12.1. The molecule has 0 saturated carbocycles. The lowest BCUT2D eigenvalue weighted by molar-refractivity contribution is -0.136. The number of hydrogen-bond acceptors (Lipinski definition) is 6.